The normalized spacial score (nSPS) is 10.8. The number of aliphatic imine (C=N–C) groups is 1. The fraction of sp³-hybridized carbons (Fsp3) is 0.412. The largest absolute Gasteiger partial charge is 0.356 e. The van der Waals surface area contributed by atoms with Crippen LogP contribution in [0.15, 0.2) is 23.2 Å². The van der Waals surface area contributed by atoms with E-state index in [1.54, 1.807) is 24.5 Å². The van der Waals surface area contributed by atoms with Crippen LogP contribution in [0.3, 0.4) is 0 Å². The minimum Gasteiger partial charge on any atom is -0.356 e. The zero-order valence-corrected chi connectivity index (χ0v) is 18.6. The van der Waals surface area contributed by atoms with Gasteiger partial charge < -0.3 is 16.0 Å². The van der Waals surface area contributed by atoms with Crippen molar-refractivity contribution in [2.75, 3.05) is 18.9 Å². The van der Waals surface area contributed by atoms with Crippen LogP contribution >= 0.6 is 35.3 Å². The summed E-state index contributed by atoms with van der Waals surface area (Å²) in [6.45, 7) is 7.03. The van der Waals surface area contributed by atoms with Crippen LogP contribution in [0, 0.1) is 20.8 Å². The summed E-state index contributed by atoms with van der Waals surface area (Å²) in [5.74, 6) is 1.14. The molecule has 0 bridgehead atoms. The molecule has 7 nitrogen and oxygen atoms in total. The number of hydrogen-bond donors (Lipinski definition) is 3. The highest BCUT2D eigenvalue weighted by atomic mass is 127. The summed E-state index contributed by atoms with van der Waals surface area (Å²) >= 11 is 1.67. The number of aryl methyl sites for hydroxylation is 3. The lowest BCUT2D eigenvalue weighted by molar-refractivity contribution is -0.116. The second kappa shape index (κ2) is 11.1. The molecule has 0 spiro atoms. The van der Waals surface area contributed by atoms with Crippen LogP contribution in [0.2, 0.25) is 0 Å². The number of anilines is 1. The third-order valence-corrected chi connectivity index (χ3v) is 4.51. The monoisotopic (exact) mass is 488 g/mol. The molecule has 2 aromatic heterocycles. The summed E-state index contributed by atoms with van der Waals surface area (Å²) in [7, 11) is 1.71. The molecule has 0 saturated carbocycles. The number of hydrogen-bond acceptors (Lipinski definition) is 5. The molecule has 0 aromatic carbocycles. The number of carbonyl (C=O) groups is 1. The Labute approximate surface area is 175 Å². The minimum atomic E-state index is -0.0880. The number of thiazole rings is 1. The van der Waals surface area contributed by atoms with Crippen molar-refractivity contribution >= 4 is 53.0 Å². The summed E-state index contributed by atoms with van der Waals surface area (Å²) in [4.78, 5) is 26.0. The zero-order valence-electron chi connectivity index (χ0n) is 15.4. The van der Waals surface area contributed by atoms with E-state index >= 15 is 0 Å². The molecule has 9 heteroatoms. The first-order valence-electron chi connectivity index (χ1n) is 8.09. The molecule has 1 amide bonds. The number of rotatable bonds is 6. The molecule has 0 aliphatic heterocycles. The molecular weight excluding hydrogens is 463 g/mol. The number of carbonyl (C=O) groups excluding carboxylic acids is 1. The summed E-state index contributed by atoms with van der Waals surface area (Å²) in [5, 5.41) is 10.2. The predicted octanol–water partition coefficient (Wildman–Crippen LogP) is 2.78. The molecule has 26 heavy (non-hydrogen) atoms. The first-order valence-corrected chi connectivity index (χ1v) is 8.90. The van der Waals surface area contributed by atoms with E-state index in [0.717, 1.165) is 16.4 Å². The van der Waals surface area contributed by atoms with Gasteiger partial charge in [0.2, 0.25) is 5.91 Å². The number of aromatic nitrogens is 2. The molecule has 2 rings (SSSR count). The number of guanidine groups is 1. The van der Waals surface area contributed by atoms with E-state index < -0.39 is 0 Å². The van der Waals surface area contributed by atoms with Gasteiger partial charge in [-0.1, -0.05) is 6.07 Å². The third-order valence-electron chi connectivity index (χ3n) is 3.44. The van der Waals surface area contributed by atoms with Crippen LogP contribution in [-0.2, 0) is 11.3 Å². The van der Waals surface area contributed by atoms with Crippen molar-refractivity contribution in [3.8, 4) is 0 Å². The van der Waals surface area contributed by atoms with Gasteiger partial charge >= 0.3 is 0 Å². The van der Waals surface area contributed by atoms with Crippen LogP contribution in [0.4, 0.5) is 5.82 Å². The highest BCUT2D eigenvalue weighted by Gasteiger charge is 2.07. The van der Waals surface area contributed by atoms with E-state index in [1.807, 2.05) is 32.9 Å². The van der Waals surface area contributed by atoms with Crippen LogP contribution in [-0.4, -0.2) is 35.4 Å². The van der Waals surface area contributed by atoms with E-state index in [9.17, 15) is 4.79 Å². The maximum Gasteiger partial charge on any atom is 0.227 e. The Kier molecular flexibility index (Phi) is 9.49. The van der Waals surface area contributed by atoms with Gasteiger partial charge in [0.15, 0.2) is 5.96 Å². The Balaban J connectivity index is 0.00000338. The molecule has 0 unspecified atom stereocenters. The van der Waals surface area contributed by atoms with Crippen LogP contribution in [0.5, 0.6) is 0 Å². The van der Waals surface area contributed by atoms with E-state index in [0.29, 0.717) is 31.3 Å². The van der Waals surface area contributed by atoms with Crippen molar-refractivity contribution in [1.82, 2.24) is 20.6 Å². The molecule has 0 atom stereocenters. The summed E-state index contributed by atoms with van der Waals surface area (Å²) in [6, 6.07) is 5.53. The van der Waals surface area contributed by atoms with Crippen LogP contribution < -0.4 is 16.0 Å². The van der Waals surface area contributed by atoms with Crippen molar-refractivity contribution in [3.63, 3.8) is 0 Å². The summed E-state index contributed by atoms with van der Waals surface area (Å²) < 4.78 is 0. The van der Waals surface area contributed by atoms with Gasteiger partial charge in [0.25, 0.3) is 0 Å². The average molecular weight is 488 g/mol. The number of pyridine rings is 1. The number of nitrogens with one attached hydrogen (secondary N) is 3. The van der Waals surface area contributed by atoms with Gasteiger partial charge in [-0.25, -0.2) is 9.97 Å². The smallest absolute Gasteiger partial charge is 0.227 e. The molecule has 0 aliphatic carbocycles. The number of amides is 1. The maximum absolute atomic E-state index is 12.0. The Morgan fingerprint density at radius 1 is 1.19 bits per heavy atom. The second-order valence-corrected chi connectivity index (χ2v) is 6.84. The van der Waals surface area contributed by atoms with Crippen molar-refractivity contribution in [3.05, 3.63) is 39.5 Å². The van der Waals surface area contributed by atoms with Gasteiger partial charge in [0.05, 0.1) is 17.2 Å². The van der Waals surface area contributed by atoms with Crippen molar-refractivity contribution in [1.29, 1.82) is 0 Å². The van der Waals surface area contributed by atoms with E-state index in [1.165, 1.54) is 4.88 Å². The number of nitrogens with zero attached hydrogens (tertiary/aromatic N) is 3. The maximum atomic E-state index is 12.0. The highest BCUT2D eigenvalue weighted by Crippen LogP contribution is 2.16. The van der Waals surface area contributed by atoms with Gasteiger partial charge in [-0.05, 0) is 32.9 Å². The van der Waals surface area contributed by atoms with Gasteiger partial charge in [-0.15, -0.1) is 35.3 Å². The molecule has 0 fully saturated rings. The lowest BCUT2D eigenvalue weighted by Gasteiger charge is -2.11. The standard InChI is InChI=1S/C17H24N6OS.HI/c1-11-6-5-7-15(21-11)23-16(24)8-9-19-17(18-4)20-10-14-12(2)22-13(3)25-14;/h5-7H,8-10H2,1-4H3,(H2,18,19,20)(H,21,23,24);1H. The zero-order chi connectivity index (χ0) is 18.2. The van der Waals surface area contributed by atoms with Crippen molar-refractivity contribution in [2.24, 2.45) is 4.99 Å². The highest BCUT2D eigenvalue weighted by molar-refractivity contribution is 14.0. The van der Waals surface area contributed by atoms with E-state index in [-0.39, 0.29) is 29.9 Å². The Morgan fingerprint density at radius 3 is 2.58 bits per heavy atom. The lowest BCUT2D eigenvalue weighted by atomic mass is 10.3. The molecule has 0 radical (unpaired) electrons. The molecule has 2 aromatic rings. The summed E-state index contributed by atoms with van der Waals surface area (Å²) in [6.07, 6.45) is 0.328. The van der Waals surface area contributed by atoms with Gasteiger partial charge in [0.1, 0.15) is 5.82 Å². The van der Waals surface area contributed by atoms with E-state index in [2.05, 4.69) is 30.9 Å². The lowest BCUT2D eigenvalue weighted by Crippen LogP contribution is -2.38. The third kappa shape index (κ3) is 7.24. The van der Waals surface area contributed by atoms with Crippen molar-refractivity contribution < 1.29 is 4.79 Å². The average Bonchev–Trinajstić information content (AvgIpc) is 2.88. The van der Waals surface area contributed by atoms with Gasteiger partial charge in [-0.2, -0.15) is 0 Å². The fourth-order valence-electron chi connectivity index (χ4n) is 2.23. The van der Waals surface area contributed by atoms with Gasteiger partial charge in [0, 0.05) is 30.6 Å². The van der Waals surface area contributed by atoms with Crippen LogP contribution in [0.25, 0.3) is 0 Å². The Bertz CT molecular complexity index is 761. The molecule has 142 valence electrons. The SMILES string of the molecule is CN=C(NCCC(=O)Nc1cccc(C)n1)NCc1sc(C)nc1C.I. The molecule has 0 saturated heterocycles. The van der Waals surface area contributed by atoms with Gasteiger partial charge in [-0.3, -0.25) is 9.79 Å². The molecule has 0 aliphatic rings. The minimum absolute atomic E-state index is 0. The van der Waals surface area contributed by atoms with E-state index in [4.69, 9.17) is 0 Å². The Morgan fingerprint density at radius 2 is 1.96 bits per heavy atom. The van der Waals surface area contributed by atoms with Crippen molar-refractivity contribution in [2.45, 2.75) is 33.7 Å². The first-order chi connectivity index (χ1) is 12.0. The first kappa shape index (κ1) is 22.3. The molecule has 3 N–H and O–H groups in total. The summed E-state index contributed by atoms with van der Waals surface area (Å²) in [5.41, 5.74) is 1.91. The topological polar surface area (TPSA) is 91.3 Å². The Hall–Kier alpha value is -1.75. The molecule has 2 heterocycles. The van der Waals surface area contributed by atoms with Crippen LogP contribution in [0.1, 0.15) is 27.7 Å². The quantitative estimate of drug-likeness (QED) is 0.331. The molecular formula is C17H25IN6OS. The fourth-order valence-corrected chi connectivity index (χ4v) is 3.11. The predicted molar refractivity (Wildman–Crippen MR) is 117 cm³/mol. The number of halogens is 1. The second-order valence-electron chi connectivity index (χ2n) is 5.56.